The van der Waals surface area contributed by atoms with E-state index in [0.29, 0.717) is 5.95 Å². The summed E-state index contributed by atoms with van der Waals surface area (Å²) in [5.41, 5.74) is 1.96. The van der Waals surface area contributed by atoms with E-state index in [1.54, 1.807) is 6.20 Å². The summed E-state index contributed by atoms with van der Waals surface area (Å²) in [5.74, 6) is 0.635. The van der Waals surface area contributed by atoms with Crippen LogP contribution in [0.3, 0.4) is 0 Å². The van der Waals surface area contributed by atoms with E-state index in [1.807, 2.05) is 71.0 Å². The fraction of sp³-hybridized carbons (Fsp3) is 0.333. The maximum Gasteiger partial charge on any atom is 0.227 e. The monoisotopic (exact) mass is 245 g/mol. The number of benzene rings is 1. The zero-order valence-corrected chi connectivity index (χ0v) is 11.9. The minimum Gasteiger partial charge on any atom is -0.324 e. The molecule has 0 fully saturated rings. The quantitative estimate of drug-likeness (QED) is 0.841. The largest absolute Gasteiger partial charge is 0.324 e. The lowest BCUT2D eigenvalue weighted by Gasteiger charge is -2.03. The van der Waals surface area contributed by atoms with E-state index in [-0.39, 0.29) is 0 Å². The van der Waals surface area contributed by atoms with Crippen molar-refractivity contribution < 1.29 is 0 Å². The second-order valence-corrected chi connectivity index (χ2v) is 3.01. The highest BCUT2D eigenvalue weighted by Gasteiger charge is 1.95. The van der Waals surface area contributed by atoms with Crippen molar-refractivity contribution in [3.63, 3.8) is 0 Å². The maximum absolute atomic E-state index is 4.25. The van der Waals surface area contributed by atoms with Gasteiger partial charge in [-0.05, 0) is 25.1 Å². The molecule has 3 heteroatoms. The standard InChI is InChI=1S/C11H11N3.2C2H6/c1-9-7-8-12-11(13-9)14-10-5-3-2-4-6-10;2*1-2/h2-8H,1H3,(H,12,13,14);2*1-2H3. The molecule has 0 amide bonds. The van der Waals surface area contributed by atoms with Gasteiger partial charge < -0.3 is 5.32 Å². The molecule has 0 radical (unpaired) electrons. The second-order valence-electron chi connectivity index (χ2n) is 3.01. The smallest absolute Gasteiger partial charge is 0.227 e. The molecule has 0 aliphatic rings. The highest BCUT2D eigenvalue weighted by molar-refractivity contribution is 5.52. The van der Waals surface area contributed by atoms with Crippen LogP contribution in [-0.2, 0) is 0 Å². The van der Waals surface area contributed by atoms with Crippen molar-refractivity contribution in [2.45, 2.75) is 34.6 Å². The predicted molar refractivity (Wildman–Crippen MR) is 79.2 cm³/mol. The Morgan fingerprint density at radius 3 is 2.06 bits per heavy atom. The molecule has 0 unspecified atom stereocenters. The number of anilines is 2. The van der Waals surface area contributed by atoms with Gasteiger partial charge in [-0.2, -0.15) is 0 Å². The number of nitrogens with one attached hydrogen (secondary N) is 1. The van der Waals surface area contributed by atoms with Gasteiger partial charge in [0, 0.05) is 17.6 Å². The van der Waals surface area contributed by atoms with Crippen molar-refractivity contribution in [2.24, 2.45) is 0 Å². The summed E-state index contributed by atoms with van der Waals surface area (Å²) in [6.45, 7) is 9.94. The fourth-order valence-electron chi connectivity index (χ4n) is 1.16. The molecule has 0 bridgehead atoms. The van der Waals surface area contributed by atoms with Gasteiger partial charge in [-0.25, -0.2) is 9.97 Å². The Labute approximate surface area is 110 Å². The van der Waals surface area contributed by atoms with Crippen molar-refractivity contribution in [3.8, 4) is 0 Å². The molecule has 3 nitrogen and oxygen atoms in total. The molecule has 1 aromatic heterocycles. The van der Waals surface area contributed by atoms with Crippen LogP contribution in [0.2, 0.25) is 0 Å². The van der Waals surface area contributed by atoms with Crippen LogP contribution in [0.4, 0.5) is 11.6 Å². The van der Waals surface area contributed by atoms with Crippen molar-refractivity contribution in [1.29, 1.82) is 0 Å². The average Bonchev–Trinajstić information content (AvgIpc) is 2.44. The molecule has 0 saturated heterocycles. The first-order valence-corrected chi connectivity index (χ1v) is 6.46. The molecule has 0 atom stereocenters. The number of rotatable bonds is 2. The van der Waals surface area contributed by atoms with Crippen LogP contribution < -0.4 is 5.32 Å². The van der Waals surface area contributed by atoms with E-state index in [9.17, 15) is 0 Å². The average molecular weight is 245 g/mol. The normalized spacial score (nSPS) is 8.28. The molecule has 0 aliphatic heterocycles. The summed E-state index contributed by atoms with van der Waals surface area (Å²) in [6, 6.07) is 11.7. The fourth-order valence-corrected chi connectivity index (χ4v) is 1.16. The molecule has 0 spiro atoms. The van der Waals surface area contributed by atoms with Crippen LogP contribution in [0, 0.1) is 6.92 Å². The molecular weight excluding hydrogens is 222 g/mol. The molecule has 1 heterocycles. The van der Waals surface area contributed by atoms with Gasteiger partial charge in [0.15, 0.2) is 0 Å². The van der Waals surface area contributed by atoms with E-state index in [2.05, 4.69) is 15.3 Å². The minimum absolute atomic E-state index is 0.635. The van der Waals surface area contributed by atoms with E-state index in [0.717, 1.165) is 11.4 Å². The number of hydrogen-bond acceptors (Lipinski definition) is 3. The summed E-state index contributed by atoms with van der Waals surface area (Å²) in [7, 11) is 0. The van der Waals surface area contributed by atoms with Crippen LogP contribution in [0.25, 0.3) is 0 Å². The highest BCUT2D eigenvalue weighted by Crippen LogP contribution is 2.10. The van der Waals surface area contributed by atoms with Crippen LogP contribution in [0.5, 0.6) is 0 Å². The third-order valence-electron chi connectivity index (χ3n) is 1.82. The SMILES string of the molecule is CC.CC.Cc1ccnc(Nc2ccccc2)n1. The third-order valence-corrected chi connectivity index (χ3v) is 1.82. The number of aryl methyl sites for hydroxylation is 1. The predicted octanol–water partition coefficient (Wildman–Crippen LogP) is 4.58. The lowest BCUT2D eigenvalue weighted by Crippen LogP contribution is -1.96. The summed E-state index contributed by atoms with van der Waals surface area (Å²) in [4.78, 5) is 8.36. The van der Waals surface area contributed by atoms with Gasteiger partial charge in [0.2, 0.25) is 5.95 Å². The Morgan fingerprint density at radius 1 is 0.889 bits per heavy atom. The van der Waals surface area contributed by atoms with Gasteiger partial charge in [-0.15, -0.1) is 0 Å². The molecule has 18 heavy (non-hydrogen) atoms. The number of aromatic nitrogens is 2. The zero-order chi connectivity index (χ0) is 13.8. The molecule has 2 rings (SSSR count). The zero-order valence-electron chi connectivity index (χ0n) is 11.9. The summed E-state index contributed by atoms with van der Waals surface area (Å²) in [6.07, 6.45) is 1.74. The Hall–Kier alpha value is -1.90. The van der Waals surface area contributed by atoms with Crippen LogP contribution in [0.15, 0.2) is 42.6 Å². The third kappa shape index (κ3) is 5.99. The van der Waals surface area contributed by atoms with Gasteiger partial charge in [0.25, 0.3) is 0 Å². The Bertz CT molecular complexity index is 413. The first kappa shape index (κ1) is 16.1. The number of para-hydroxylation sites is 1. The summed E-state index contributed by atoms with van der Waals surface area (Å²) in [5, 5.41) is 3.12. The van der Waals surface area contributed by atoms with Crippen molar-refractivity contribution >= 4 is 11.6 Å². The van der Waals surface area contributed by atoms with Crippen LogP contribution >= 0.6 is 0 Å². The molecule has 2 aromatic rings. The van der Waals surface area contributed by atoms with Crippen molar-refractivity contribution in [1.82, 2.24) is 9.97 Å². The van der Waals surface area contributed by atoms with Gasteiger partial charge in [0.1, 0.15) is 0 Å². The summed E-state index contributed by atoms with van der Waals surface area (Å²) < 4.78 is 0. The Balaban J connectivity index is 0.000000659. The van der Waals surface area contributed by atoms with Gasteiger partial charge in [-0.1, -0.05) is 45.9 Å². The number of hydrogen-bond donors (Lipinski definition) is 1. The van der Waals surface area contributed by atoms with E-state index in [4.69, 9.17) is 0 Å². The van der Waals surface area contributed by atoms with Crippen molar-refractivity contribution in [3.05, 3.63) is 48.3 Å². The topological polar surface area (TPSA) is 37.8 Å². The van der Waals surface area contributed by atoms with Gasteiger partial charge in [0.05, 0.1) is 0 Å². The highest BCUT2D eigenvalue weighted by atomic mass is 15.1. The van der Waals surface area contributed by atoms with E-state index < -0.39 is 0 Å². The first-order valence-electron chi connectivity index (χ1n) is 6.46. The Kier molecular flexibility index (Phi) is 9.18. The molecule has 1 aromatic carbocycles. The van der Waals surface area contributed by atoms with E-state index >= 15 is 0 Å². The lowest BCUT2D eigenvalue weighted by atomic mass is 10.3. The molecule has 0 aliphatic carbocycles. The Morgan fingerprint density at radius 2 is 1.50 bits per heavy atom. The van der Waals surface area contributed by atoms with Crippen LogP contribution in [0.1, 0.15) is 33.4 Å². The minimum atomic E-state index is 0.635. The number of nitrogens with zero attached hydrogens (tertiary/aromatic N) is 2. The van der Waals surface area contributed by atoms with Gasteiger partial charge in [-0.3, -0.25) is 0 Å². The lowest BCUT2D eigenvalue weighted by molar-refractivity contribution is 1.11. The van der Waals surface area contributed by atoms with Crippen molar-refractivity contribution in [2.75, 3.05) is 5.32 Å². The van der Waals surface area contributed by atoms with Crippen LogP contribution in [-0.4, -0.2) is 9.97 Å². The van der Waals surface area contributed by atoms with Gasteiger partial charge >= 0.3 is 0 Å². The summed E-state index contributed by atoms with van der Waals surface area (Å²) >= 11 is 0. The first-order chi connectivity index (χ1) is 8.84. The molecular formula is C15H23N3. The molecule has 1 N–H and O–H groups in total. The van der Waals surface area contributed by atoms with E-state index in [1.165, 1.54) is 0 Å². The maximum atomic E-state index is 4.25. The second kappa shape index (κ2) is 10.3. The molecule has 98 valence electrons. The molecule has 0 saturated carbocycles.